The standard InChI is InChI=1S/C25H22FN7O/c26-17-1-6-22-20(15-17)21(16-29-22)23-8-10-28-25(31-23)30-18-2-4-19(5-3-18)32-11-13-33(14-12-32)24(34)7-9-27/h1-6,8,10,15-16,29H,7,11-14H2,(H,28,30,31). The summed E-state index contributed by atoms with van der Waals surface area (Å²) in [5.41, 5.74) is 4.25. The van der Waals surface area contributed by atoms with E-state index in [0.717, 1.165) is 40.9 Å². The summed E-state index contributed by atoms with van der Waals surface area (Å²) in [5, 5.41) is 12.7. The van der Waals surface area contributed by atoms with E-state index in [1.807, 2.05) is 36.5 Å². The van der Waals surface area contributed by atoms with E-state index in [9.17, 15) is 9.18 Å². The number of H-pyrrole nitrogens is 1. The van der Waals surface area contributed by atoms with Gasteiger partial charge in [-0.15, -0.1) is 0 Å². The number of halogens is 1. The molecule has 1 aliphatic rings. The van der Waals surface area contributed by atoms with Crippen molar-refractivity contribution in [2.24, 2.45) is 0 Å². The molecule has 0 atom stereocenters. The number of carbonyl (C=O) groups excluding carboxylic acids is 1. The smallest absolute Gasteiger partial charge is 0.236 e. The Hall–Kier alpha value is -4.45. The van der Waals surface area contributed by atoms with Gasteiger partial charge in [0, 0.05) is 66.4 Å². The lowest BCUT2D eigenvalue weighted by Gasteiger charge is -2.35. The second-order valence-corrected chi connectivity index (χ2v) is 8.03. The molecule has 5 rings (SSSR count). The van der Waals surface area contributed by atoms with Gasteiger partial charge < -0.3 is 20.1 Å². The molecule has 0 bridgehead atoms. The zero-order valence-corrected chi connectivity index (χ0v) is 18.3. The maximum absolute atomic E-state index is 13.7. The van der Waals surface area contributed by atoms with Crippen molar-refractivity contribution in [2.45, 2.75) is 6.42 Å². The van der Waals surface area contributed by atoms with Crippen LogP contribution in [-0.2, 0) is 4.79 Å². The summed E-state index contributed by atoms with van der Waals surface area (Å²) in [7, 11) is 0. The van der Waals surface area contributed by atoms with Crippen LogP contribution in [-0.4, -0.2) is 51.9 Å². The highest BCUT2D eigenvalue weighted by molar-refractivity contribution is 5.94. The van der Waals surface area contributed by atoms with Crippen LogP contribution in [0.3, 0.4) is 0 Å². The summed E-state index contributed by atoms with van der Waals surface area (Å²) in [5.74, 6) is 0.0401. The molecule has 0 radical (unpaired) electrons. The van der Waals surface area contributed by atoms with Crippen LogP contribution in [0.5, 0.6) is 0 Å². The Morgan fingerprint density at radius 3 is 2.68 bits per heavy atom. The molecule has 0 unspecified atom stereocenters. The van der Waals surface area contributed by atoms with Gasteiger partial charge in [0.2, 0.25) is 11.9 Å². The fourth-order valence-corrected chi connectivity index (χ4v) is 4.15. The molecule has 0 saturated carbocycles. The van der Waals surface area contributed by atoms with Crippen LogP contribution in [0.4, 0.5) is 21.7 Å². The van der Waals surface area contributed by atoms with Crippen LogP contribution in [0, 0.1) is 17.1 Å². The number of amides is 1. The predicted octanol–water partition coefficient (Wildman–Crippen LogP) is 4.07. The third-order valence-corrected chi connectivity index (χ3v) is 5.93. The average Bonchev–Trinajstić information content (AvgIpc) is 3.28. The third-order valence-electron chi connectivity index (χ3n) is 5.93. The van der Waals surface area contributed by atoms with Crippen molar-refractivity contribution in [2.75, 3.05) is 36.4 Å². The van der Waals surface area contributed by atoms with Crippen LogP contribution in [0.1, 0.15) is 6.42 Å². The average molecular weight is 455 g/mol. The number of fused-ring (bicyclic) bond motifs is 1. The summed E-state index contributed by atoms with van der Waals surface area (Å²) in [6.07, 6.45) is 3.42. The van der Waals surface area contributed by atoms with Gasteiger partial charge in [0.05, 0.1) is 11.8 Å². The summed E-state index contributed by atoms with van der Waals surface area (Å²) in [6.45, 7) is 2.67. The zero-order chi connectivity index (χ0) is 23.5. The van der Waals surface area contributed by atoms with Gasteiger partial charge in [-0.3, -0.25) is 4.79 Å². The van der Waals surface area contributed by atoms with Crippen LogP contribution >= 0.6 is 0 Å². The largest absolute Gasteiger partial charge is 0.368 e. The van der Waals surface area contributed by atoms with Gasteiger partial charge in [-0.2, -0.15) is 5.26 Å². The first-order valence-corrected chi connectivity index (χ1v) is 11.0. The fourth-order valence-electron chi connectivity index (χ4n) is 4.15. The number of hydrogen-bond acceptors (Lipinski definition) is 6. The summed E-state index contributed by atoms with van der Waals surface area (Å²) in [6, 6.07) is 16.3. The Labute approximate surface area is 195 Å². The van der Waals surface area contributed by atoms with Crippen molar-refractivity contribution < 1.29 is 9.18 Å². The Bertz CT molecular complexity index is 1370. The van der Waals surface area contributed by atoms with Crippen molar-refractivity contribution in [3.63, 3.8) is 0 Å². The van der Waals surface area contributed by atoms with E-state index in [4.69, 9.17) is 5.26 Å². The third kappa shape index (κ3) is 4.38. The molecular weight excluding hydrogens is 433 g/mol. The number of aromatic amines is 1. The summed E-state index contributed by atoms with van der Waals surface area (Å²) in [4.78, 5) is 27.9. The highest BCUT2D eigenvalue weighted by Gasteiger charge is 2.21. The molecule has 1 saturated heterocycles. The zero-order valence-electron chi connectivity index (χ0n) is 18.3. The molecule has 170 valence electrons. The van der Waals surface area contributed by atoms with Crippen molar-refractivity contribution in [3.05, 3.63) is 66.7 Å². The molecule has 9 heteroatoms. The van der Waals surface area contributed by atoms with Gasteiger partial charge in [-0.1, -0.05) is 0 Å². The van der Waals surface area contributed by atoms with Crippen LogP contribution in [0.2, 0.25) is 0 Å². The lowest BCUT2D eigenvalue weighted by Crippen LogP contribution is -2.48. The minimum Gasteiger partial charge on any atom is -0.368 e. The first kappa shape index (κ1) is 21.4. The summed E-state index contributed by atoms with van der Waals surface area (Å²) < 4.78 is 13.7. The molecule has 4 aromatic rings. The lowest BCUT2D eigenvalue weighted by atomic mass is 10.1. The Kier molecular flexibility index (Phi) is 5.79. The molecule has 34 heavy (non-hydrogen) atoms. The normalized spacial score (nSPS) is 13.6. The van der Waals surface area contributed by atoms with Gasteiger partial charge in [0.15, 0.2) is 0 Å². The maximum Gasteiger partial charge on any atom is 0.236 e. The highest BCUT2D eigenvalue weighted by Crippen LogP contribution is 2.29. The first-order chi connectivity index (χ1) is 16.6. The molecule has 8 nitrogen and oxygen atoms in total. The predicted molar refractivity (Wildman–Crippen MR) is 128 cm³/mol. The molecule has 2 aromatic carbocycles. The molecule has 1 amide bonds. The number of anilines is 3. The van der Waals surface area contributed by atoms with Crippen LogP contribution < -0.4 is 10.2 Å². The van der Waals surface area contributed by atoms with E-state index in [0.29, 0.717) is 24.7 Å². The number of nitriles is 1. The minimum absolute atomic E-state index is 0.0686. The van der Waals surface area contributed by atoms with Gasteiger partial charge in [-0.05, 0) is 48.5 Å². The molecular formula is C25H22FN7O. The SMILES string of the molecule is N#CCC(=O)N1CCN(c2ccc(Nc3nccc(-c4c[nH]c5ccc(F)cc45)n3)cc2)CC1. The number of hydrogen-bond donors (Lipinski definition) is 2. The van der Waals surface area contributed by atoms with Crippen LogP contribution in [0.25, 0.3) is 22.2 Å². The fraction of sp³-hybridized carbons (Fsp3) is 0.200. The Morgan fingerprint density at radius 1 is 1.12 bits per heavy atom. The van der Waals surface area contributed by atoms with Gasteiger partial charge in [0.1, 0.15) is 12.2 Å². The number of carbonyl (C=O) groups is 1. The molecule has 2 N–H and O–H groups in total. The van der Waals surface area contributed by atoms with E-state index in [-0.39, 0.29) is 18.1 Å². The second-order valence-electron chi connectivity index (χ2n) is 8.03. The minimum atomic E-state index is -0.295. The Morgan fingerprint density at radius 2 is 1.91 bits per heavy atom. The second kappa shape index (κ2) is 9.19. The molecule has 0 aliphatic carbocycles. The highest BCUT2D eigenvalue weighted by atomic mass is 19.1. The quantitative estimate of drug-likeness (QED) is 0.471. The number of nitrogens with zero attached hydrogens (tertiary/aromatic N) is 5. The molecule has 2 aromatic heterocycles. The van der Waals surface area contributed by atoms with Crippen LogP contribution in [0.15, 0.2) is 60.9 Å². The number of rotatable bonds is 5. The van der Waals surface area contributed by atoms with Gasteiger partial charge in [0.25, 0.3) is 0 Å². The monoisotopic (exact) mass is 455 g/mol. The first-order valence-electron chi connectivity index (χ1n) is 11.0. The number of nitrogens with one attached hydrogen (secondary N) is 2. The van der Waals surface area contributed by atoms with E-state index in [1.54, 1.807) is 23.2 Å². The lowest BCUT2D eigenvalue weighted by molar-refractivity contribution is -0.130. The van der Waals surface area contributed by atoms with E-state index in [1.165, 1.54) is 12.1 Å². The maximum atomic E-state index is 13.7. The Balaban J connectivity index is 1.26. The van der Waals surface area contributed by atoms with E-state index in [2.05, 4.69) is 25.2 Å². The number of piperazine rings is 1. The molecule has 1 aliphatic heterocycles. The number of benzene rings is 2. The van der Waals surface area contributed by atoms with Crippen molar-refractivity contribution in [3.8, 4) is 17.3 Å². The summed E-state index contributed by atoms with van der Waals surface area (Å²) >= 11 is 0. The van der Waals surface area contributed by atoms with Crippen molar-refractivity contribution in [1.29, 1.82) is 5.26 Å². The van der Waals surface area contributed by atoms with E-state index < -0.39 is 0 Å². The molecule has 3 heterocycles. The number of aromatic nitrogens is 3. The topological polar surface area (TPSA) is 101 Å². The van der Waals surface area contributed by atoms with Gasteiger partial charge in [-0.25, -0.2) is 14.4 Å². The van der Waals surface area contributed by atoms with E-state index >= 15 is 0 Å². The van der Waals surface area contributed by atoms with Gasteiger partial charge >= 0.3 is 0 Å². The van der Waals surface area contributed by atoms with Crippen molar-refractivity contribution >= 4 is 34.1 Å². The molecule has 0 spiro atoms. The molecule has 1 fully saturated rings. The van der Waals surface area contributed by atoms with Crippen molar-refractivity contribution in [1.82, 2.24) is 19.9 Å².